The van der Waals surface area contributed by atoms with Crippen LogP contribution in [0.5, 0.6) is 0 Å². The smallest absolute Gasteiger partial charge is 0.338 e. The number of carbonyl (C=O) groups excluding carboxylic acids is 1. The summed E-state index contributed by atoms with van der Waals surface area (Å²) in [5, 5.41) is 8.47. The van der Waals surface area contributed by atoms with Crippen LogP contribution in [0.3, 0.4) is 0 Å². The van der Waals surface area contributed by atoms with Gasteiger partial charge in [0, 0.05) is 10.6 Å². The van der Waals surface area contributed by atoms with Gasteiger partial charge >= 0.3 is 5.97 Å². The SMILES string of the molecule is C[C@H](OC(=O)c1ccc(Cl)cc1)c1nnc(-c2ccccc2)o1. The molecule has 2 aromatic carbocycles. The van der Waals surface area contributed by atoms with Crippen LogP contribution >= 0.6 is 11.6 Å². The molecule has 116 valence electrons. The number of halogens is 1. The number of rotatable bonds is 4. The predicted molar refractivity (Wildman–Crippen MR) is 85.0 cm³/mol. The molecule has 0 spiro atoms. The Bertz CT molecular complexity index is 800. The minimum atomic E-state index is -0.650. The van der Waals surface area contributed by atoms with E-state index < -0.39 is 12.1 Å². The summed E-state index contributed by atoms with van der Waals surface area (Å²) in [7, 11) is 0. The van der Waals surface area contributed by atoms with Gasteiger partial charge in [-0.1, -0.05) is 29.8 Å². The first-order valence-electron chi connectivity index (χ1n) is 6.99. The van der Waals surface area contributed by atoms with E-state index in [2.05, 4.69) is 10.2 Å². The maximum Gasteiger partial charge on any atom is 0.338 e. The van der Waals surface area contributed by atoms with Gasteiger partial charge in [-0.3, -0.25) is 0 Å². The number of ether oxygens (including phenoxy) is 1. The Morgan fingerprint density at radius 3 is 2.48 bits per heavy atom. The molecule has 0 unspecified atom stereocenters. The first-order valence-corrected chi connectivity index (χ1v) is 7.36. The summed E-state index contributed by atoms with van der Waals surface area (Å²) in [4.78, 5) is 12.1. The quantitative estimate of drug-likeness (QED) is 0.668. The van der Waals surface area contributed by atoms with Crippen molar-refractivity contribution in [2.45, 2.75) is 13.0 Å². The summed E-state index contributed by atoms with van der Waals surface area (Å²) < 4.78 is 10.9. The van der Waals surface area contributed by atoms with E-state index in [1.807, 2.05) is 30.3 Å². The lowest BCUT2D eigenvalue weighted by molar-refractivity contribution is 0.0280. The van der Waals surface area contributed by atoms with Crippen LogP contribution in [0.15, 0.2) is 59.0 Å². The van der Waals surface area contributed by atoms with Gasteiger partial charge in [0.15, 0.2) is 6.10 Å². The van der Waals surface area contributed by atoms with Gasteiger partial charge in [0.05, 0.1) is 5.56 Å². The minimum Gasteiger partial charge on any atom is -0.449 e. The second-order valence-electron chi connectivity index (χ2n) is 4.87. The number of carbonyl (C=O) groups is 1. The Hall–Kier alpha value is -2.66. The summed E-state index contributed by atoms with van der Waals surface area (Å²) in [5.74, 6) is 0.148. The van der Waals surface area contributed by atoms with Gasteiger partial charge in [0.1, 0.15) is 0 Å². The highest BCUT2D eigenvalue weighted by Crippen LogP contribution is 2.23. The molecule has 23 heavy (non-hydrogen) atoms. The fourth-order valence-electron chi connectivity index (χ4n) is 1.96. The summed E-state index contributed by atoms with van der Waals surface area (Å²) in [6, 6.07) is 15.8. The molecule has 3 aromatic rings. The van der Waals surface area contributed by atoms with E-state index in [0.29, 0.717) is 16.5 Å². The van der Waals surface area contributed by atoms with Gasteiger partial charge in [-0.25, -0.2) is 4.79 Å². The van der Waals surface area contributed by atoms with Crippen LogP contribution < -0.4 is 0 Å². The van der Waals surface area contributed by atoms with Crippen LogP contribution in [-0.4, -0.2) is 16.2 Å². The first-order chi connectivity index (χ1) is 11.1. The number of hydrogen-bond donors (Lipinski definition) is 0. The van der Waals surface area contributed by atoms with Crippen LogP contribution in [0.25, 0.3) is 11.5 Å². The Labute approximate surface area is 137 Å². The van der Waals surface area contributed by atoms with E-state index in [1.54, 1.807) is 31.2 Å². The third-order valence-corrected chi connectivity index (χ3v) is 3.42. The van der Waals surface area contributed by atoms with Crippen molar-refractivity contribution in [3.05, 3.63) is 71.1 Å². The fraction of sp³-hybridized carbons (Fsp3) is 0.118. The third-order valence-electron chi connectivity index (χ3n) is 3.17. The molecule has 0 bridgehead atoms. The number of esters is 1. The summed E-state index contributed by atoms with van der Waals surface area (Å²) in [6.45, 7) is 1.68. The number of nitrogens with zero attached hydrogens (tertiary/aromatic N) is 2. The van der Waals surface area contributed by atoms with Gasteiger partial charge in [-0.15, -0.1) is 10.2 Å². The maximum atomic E-state index is 12.1. The largest absolute Gasteiger partial charge is 0.449 e. The van der Waals surface area contributed by atoms with Crippen LogP contribution in [-0.2, 0) is 4.74 Å². The van der Waals surface area contributed by atoms with Crippen molar-refractivity contribution >= 4 is 17.6 Å². The zero-order valence-corrected chi connectivity index (χ0v) is 13.0. The number of aromatic nitrogens is 2. The molecule has 0 fully saturated rings. The van der Waals surface area contributed by atoms with Gasteiger partial charge in [-0.2, -0.15) is 0 Å². The van der Waals surface area contributed by atoms with Gasteiger partial charge in [0.2, 0.25) is 5.89 Å². The molecular weight excluding hydrogens is 316 g/mol. The Morgan fingerprint density at radius 1 is 1.09 bits per heavy atom. The van der Waals surface area contributed by atoms with Crippen LogP contribution in [0.4, 0.5) is 0 Å². The predicted octanol–water partition coefficient (Wildman–Crippen LogP) is 4.31. The number of benzene rings is 2. The average Bonchev–Trinajstić information content (AvgIpc) is 3.06. The van der Waals surface area contributed by atoms with Crippen molar-refractivity contribution in [2.24, 2.45) is 0 Å². The monoisotopic (exact) mass is 328 g/mol. The summed E-state index contributed by atoms with van der Waals surface area (Å²) in [6.07, 6.45) is -0.650. The summed E-state index contributed by atoms with van der Waals surface area (Å²) in [5.41, 5.74) is 1.21. The highest BCUT2D eigenvalue weighted by molar-refractivity contribution is 6.30. The van der Waals surface area contributed by atoms with Crippen molar-refractivity contribution in [3.8, 4) is 11.5 Å². The van der Waals surface area contributed by atoms with Crippen molar-refractivity contribution in [1.82, 2.24) is 10.2 Å². The van der Waals surface area contributed by atoms with Crippen molar-refractivity contribution in [3.63, 3.8) is 0 Å². The molecule has 5 nitrogen and oxygen atoms in total. The van der Waals surface area contributed by atoms with Gasteiger partial charge in [0.25, 0.3) is 5.89 Å². The molecule has 1 heterocycles. The lowest BCUT2D eigenvalue weighted by Gasteiger charge is -2.09. The highest BCUT2D eigenvalue weighted by atomic mass is 35.5. The van der Waals surface area contributed by atoms with Gasteiger partial charge in [-0.05, 0) is 43.3 Å². The van der Waals surface area contributed by atoms with E-state index in [1.165, 1.54) is 0 Å². The molecule has 6 heteroatoms. The van der Waals surface area contributed by atoms with Crippen LogP contribution in [0, 0.1) is 0 Å². The molecule has 0 N–H and O–H groups in total. The lowest BCUT2D eigenvalue weighted by Crippen LogP contribution is -2.09. The van der Waals surface area contributed by atoms with Crippen molar-refractivity contribution in [2.75, 3.05) is 0 Å². The molecule has 1 atom stereocenters. The molecule has 0 saturated heterocycles. The zero-order valence-electron chi connectivity index (χ0n) is 12.3. The second kappa shape index (κ2) is 6.62. The molecule has 0 aliphatic rings. The average molecular weight is 329 g/mol. The Balaban J connectivity index is 1.71. The Morgan fingerprint density at radius 2 is 1.78 bits per heavy atom. The summed E-state index contributed by atoms with van der Waals surface area (Å²) >= 11 is 5.79. The molecule has 0 saturated carbocycles. The normalized spacial score (nSPS) is 11.9. The minimum absolute atomic E-state index is 0.242. The maximum absolute atomic E-state index is 12.1. The molecule has 1 aromatic heterocycles. The second-order valence-corrected chi connectivity index (χ2v) is 5.30. The standard InChI is InChI=1S/C17H13ClN2O3/c1-11(22-17(21)13-7-9-14(18)10-8-13)15-19-20-16(23-15)12-5-3-2-4-6-12/h2-11H,1H3/t11-/m0/s1. The number of hydrogen-bond acceptors (Lipinski definition) is 5. The van der Waals surface area contributed by atoms with E-state index >= 15 is 0 Å². The molecule has 0 aliphatic heterocycles. The van der Waals surface area contributed by atoms with E-state index in [0.717, 1.165) is 5.56 Å². The van der Waals surface area contributed by atoms with E-state index in [-0.39, 0.29) is 5.89 Å². The van der Waals surface area contributed by atoms with Crippen molar-refractivity contribution in [1.29, 1.82) is 0 Å². The van der Waals surface area contributed by atoms with Crippen LogP contribution in [0.2, 0.25) is 5.02 Å². The van der Waals surface area contributed by atoms with Crippen molar-refractivity contribution < 1.29 is 13.9 Å². The third kappa shape index (κ3) is 3.57. The first kappa shape index (κ1) is 15.2. The topological polar surface area (TPSA) is 65.2 Å². The molecular formula is C17H13ClN2O3. The fourth-order valence-corrected chi connectivity index (χ4v) is 2.09. The van der Waals surface area contributed by atoms with E-state index in [4.69, 9.17) is 20.8 Å². The molecule has 0 radical (unpaired) electrons. The highest BCUT2D eigenvalue weighted by Gasteiger charge is 2.19. The molecule has 0 aliphatic carbocycles. The zero-order chi connectivity index (χ0) is 16.2. The lowest BCUT2D eigenvalue weighted by atomic mass is 10.2. The van der Waals surface area contributed by atoms with Gasteiger partial charge < -0.3 is 9.15 Å². The Kier molecular flexibility index (Phi) is 4.39. The molecule has 0 amide bonds. The molecule has 3 rings (SSSR count). The van der Waals surface area contributed by atoms with Crippen LogP contribution in [0.1, 0.15) is 29.3 Å². The van der Waals surface area contributed by atoms with E-state index in [9.17, 15) is 4.79 Å².